The monoisotopic (exact) mass is 185 g/mol. The number of likely N-dealkylation sites (N-methyl/N-ethyl adjacent to an activating group) is 1. The van der Waals surface area contributed by atoms with E-state index in [0.717, 1.165) is 13.1 Å². The van der Waals surface area contributed by atoms with Gasteiger partial charge in [0.15, 0.2) is 0 Å². The summed E-state index contributed by atoms with van der Waals surface area (Å²) in [6.07, 6.45) is 2.45. The standard InChI is InChI=1S/C9H19N3O/c1-12(2)6-5-10-9(13)7-11-8-3-4-8/h8,11H,3-7H2,1-2H3,(H,10,13). The number of nitrogens with zero attached hydrogens (tertiary/aromatic N) is 1. The van der Waals surface area contributed by atoms with Crippen LogP contribution in [0, 0.1) is 0 Å². The zero-order valence-corrected chi connectivity index (χ0v) is 8.47. The SMILES string of the molecule is CN(C)CCNC(=O)CNC1CC1. The topological polar surface area (TPSA) is 44.4 Å². The average molecular weight is 185 g/mol. The highest BCUT2D eigenvalue weighted by atomic mass is 16.1. The van der Waals surface area contributed by atoms with Gasteiger partial charge < -0.3 is 15.5 Å². The van der Waals surface area contributed by atoms with Crippen molar-refractivity contribution in [3.05, 3.63) is 0 Å². The Hall–Kier alpha value is -0.610. The largest absolute Gasteiger partial charge is 0.354 e. The van der Waals surface area contributed by atoms with Gasteiger partial charge >= 0.3 is 0 Å². The van der Waals surface area contributed by atoms with Crippen LogP contribution in [-0.4, -0.2) is 50.6 Å². The maximum atomic E-state index is 11.2. The van der Waals surface area contributed by atoms with Gasteiger partial charge in [-0.15, -0.1) is 0 Å². The summed E-state index contributed by atoms with van der Waals surface area (Å²) in [6, 6.07) is 0.611. The normalized spacial score (nSPS) is 16.2. The summed E-state index contributed by atoms with van der Waals surface area (Å²) in [5.41, 5.74) is 0. The molecule has 13 heavy (non-hydrogen) atoms. The minimum Gasteiger partial charge on any atom is -0.354 e. The van der Waals surface area contributed by atoms with Gasteiger partial charge in [0, 0.05) is 19.1 Å². The molecule has 0 aliphatic heterocycles. The average Bonchev–Trinajstić information content (AvgIpc) is 2.83. The minimum atomic E-state index is 0.105. The number of rotatable bonds is 6. The van der Waals surface area contributed by atoms with E-state index in [0.29, 0.717) is 12.6 Å². The van der Waals surface area contributed by atoms with Crippen LogP contribution < -0.4 is 10.6 Å². The van der Waals surface area contributed by atoms with Gasteiger partial charge in [-0.05, 0) is 26.9 Å². The fraction of sp³-hybridized carbons (Fsp3) is 0.889. The summed E-state index contributed by atoms with van der Waals surface area (Å²) in [7, 11) is 3.99. The van der Waals surface area contributed by atoms with Crippen LogP contribution in [0.4, 0.5) is 0 Å². The number of carbonyl (C=O) groups excluding carboxylic acids is 1. The first kappa shape index (κ1) is 10.5. The van der Waals surface area contributed by atoms with Gasteiger partial charge in [-0.25, -0.2) is 0 Å². The predicted molar refractivity (Wildman–Crippen MR) is 52.6 cm³/mol. The number of carbonyl (C=O) groups is 1. The fourth-order valence-electron chi connectivity index (χ4n) is 1.01. The lowest BCUT2D eigenvalue weighted by molar-refractivity contribution is -0.120. The smallest absolute Gasteiger partial charge is 0.234 e. The Labute approximate surface area is 79.7 Å². The molecule has 0 atom stereocenters. The molecule has 0 spiro atoms. The van der Waals surface area contributed by atoms with Crippen LogP contribution in [0.2, 0.25) is 0 Å². The van der Waals surface area contributed by atoms with E-state index in [1.807, 2.05) is 14.1 Å². The molecule has 4 nitrogen and oxygen atoms in total. The molecule has 1 aliphatic carbocycles. The Morgan fingerprint density at radius 3 is 2.69 bits per heavy atom. The molecule has 4 heteroatoms. The third-order valence-electron chi connectivity index (χ3n) is 2.01. The first-order chi connectivity index (χ1) is 6.18. The van der Waals surface area contributed by atoms with E-state index in [4.69, 9.17) is 0 Å². The molecule has 0 radical (unpaired) electrons. The van der Waals surface area contributed by atoms with Crippen molar-refractivity contribution < 1.29 is 4.79 Å². The molecule has 1 amide bonds. The fourth-order valence-corrected chi connectivity index (χ4v) is 1.01. The second-order valence-electron chi connectivity index (χ2n) is 3.81. The van der Waals surface area contributed by atoms with E-state index in [-0.39, 0.29) is 5.91 Å². The Morgan fingerprint density at radius 2 is 2.15 bits per heavy atom. The van der Waals surface area contributed by atoms with Crippen molar-refractivity contribution in [1.29, 1.82) is 0 Å². The van der Waals surface area contributed by atoms with Gasteiger partial charge in [-0.2, -0.15) is 0 Å². The van der Waals surface area contributed by atoms with Crippen molar-refractivity contribution in [3.63, 3.8) is 0 Å². The van der Waals surface area contributed by atoms with Gasteiger partial charge in [0.1, 0.15) is 0 Å². The van der Waals surface area contributed by atoms with Gasteiger partial charge in [0.05, 0.1) is 6.54 Å². The van der Waals surface area contributed by atoms with Crippen LogP contribution in [-0.2, 0) is 4.79 Å². The van der Waals surface area contributed by atoms with Crippen molar-refractivity contribution in [2.24, 2.45) is 0 Å². The molecule has 1 aliphatic rings. The zero-order valence-electron chi connectivity index (χ0n) is 8.47. The summed E-state index contributed by atoms with van der Waals surface area (Å²) in [5.74, 6) is 0.105. The Morgan fingerprint density at radius 1 is 1.46 bits per heavy atom. The summed E-state index contributed by atoms with van der Waals surface area (Å²) in [6.45, 7) is 2.10. The Balaban J connectivity index is 1.90. The lowest BCUT2D eigenvalue weighted by Gasteiger charge is -2.10. The summed E-state index contributed by atoms with van der Waals surface area (Å²) in [4.78, 5) is 13.2. The van der Waals surface area contributed by atoms with E-state index in [1.165, 1.54) is 12.8 Å². The van der Waals surface area contributed by atoms with Crippen LogP contribution in [0.3, 0.4) is 0 Å². The van der Waals surface area contributed by atoms with Crippen LogP contribution >= 0.6 is 0 Å². The second kappa shape index (κ2) is 5.19. The van der Waals surface area contributed by atoms with Crippen LogP contribution in [0.15, 0.2) is 0 Å². The third kappa shape index (κ3) is 5.60. The quantitative estimate of drug-likeness (QED) is 0.582. The highest BCUT2D eigenvalue weighted by molar-refractivity contribution is 5.78. The molecule has 2 N–H and O–H groups in total. The predicted octanol–water partition coefficient (Wildman–Crippen LogP) is -0.584. The Bertz CT molecular complexity index is 166. The van der Waals surface area contributed by atoms with Crippen LogP contribution in [0.25, 0.3) is 0 Å². The van der Waals surface area contributed by atoms with E-state index < -0.39 is 0 Å². The number of amides is 1. The summed E-state index contributed by atoms with van der Waals surface area (Å²) < 4.78 is 0. The van der Waals surface area contributed by atoms with Crippen molar-refractivity contribution in [1.82, 2.24) is 15.5 Å². The van der Waals surface area contributed by atoms with Gasteiger partial charge in [0.2, 0.25) is 5.91 Å². The third-order valence-corrected chi connectivity index (χ3v) is 2.01. The van der Waals surface area contributed by atoms with Crippen molar-refractivity contribution in [3.8, 4) is 0 Å². The van der Waals surface area contributed by atoms with Crippen molar-refractivity contribution in [2.75, 3.05) is 33.7 Å². The minimum absolute atomic E-state index is 0.105. The highest BCUT2D eigenvalue weighted by Gasteiger charge is 2.20. The molecule has 0 aromatic rings. The number of hydrogen-bond acceptors (Lipinski definition) is 3. The molecule has 0 saturated heterocycles. The lowest BCUT2D eigenvalue weighted by atomic mass is 10.5. The first-order valence-electron chi connectivity index (χ1n) is 4.83. The molecule has 1 saturated carbocycles. The Kier molecular flexibility index (Phi) is 4.18. The van der Waals surface area contributed by atoms with E-state index >= 15 is 0 Å². The summed E-state index contributed by atoms with van der Waals surface area (Å²) >= 11 is 0. The second-order valence-corrected chi connectivity index (χ2v) is 3.81. The molecular formula is C9H19N3O. The molecule has 1 fully saturated rings. The lowest BCUT2D eigenvalue weighted by Crippen LogP contribution is -2.38. The molecule has 1 rings (SSSR count). The molecule has 0 bridgehead atoms. The van der Waals surface area contributed by atoms with Crippen LogP contribution in [0.5, 0.6) is 0 Å². The molecule has 76 valence electrons. The molecule has 0 aromatic carbocycles. The highest BCUT2D eigenvalue weighted by Crippen LogP contribution is 2.17. The summed E-state index contributed by atoms with van der Waals surface area (Å²) in [5, 5.41) is 6.02. The molecular weight excluding hydrogens is 166 g/mol. The number of hydrogen-bond donors (Lipinski definition) is 2. The van der Waals surface area contributed by atoms with E-state index in [2.05, 4.69) is 15.5 Å². The van der Waals surface area contributed by atoms with E-state index in [1.54, 1.807) is 0 Å². The molecule has 0 unspecified atom stereocenters. The van der Waals surface area contributed by atoms with Gasteiger partial charge in [-0.1, -0.05) is 0 Å². The van der Waals surface area contributed by atoms with Gasteiger partial charge in [-0.3, -0.25) is 4.79 Å². The van der Waals surface area contributed by atoms with Gasteiger partial charge in [0.25, 0.3) is 0 Å². The van der Waals surface area contributed by atoms with Crippen LogP contribution in [0.1, 0.15) is 12.8 Å². The van der Waals surface area contributed by atoms with Crippen molar-refractivity contribution in [2.45, 2.75) is 18.9 Å². The van der Waals surface area contributed by atoms with E-state index in [9.17, 15) is 4.79 Å². The molecule has 0 heterocycles. The maximum absolute atomic E-state index is 11.2. The molecule has 0 aromatic heterocycles. The zero-order chi connectivity index (χ0) is 9.68. The number of nitrogens with one attached hydrogen (secondary N) is 2. The first-order valence-corrected chi connectivity index (χ1v) is 4.83. The van der Waals surface area contributed by atoms with Crippen molar-refractivity contribution >= 4 is 5.91 Å². The maximum Gasteiger partial charge on any atom is 0.234 e.